The van der Waals surface area contributed by atoms with E-state index in [1.54, 1.807) is 18.2 Å². The highest BCUT2D eigenvalue weighted by Crippen LogP contribution is 2.42. The average molecular weight is 539 g/mol. The molecular weight excluding hydrogens is 488 g/mol. The molecule has 38 heavy (non-hydrogen) atoms. The van der Waals surface area contributed by atoms with Gasteiger partial charge in [-0.05, 0) is 43.9 Å². The van der Waals surface area contributed by atoms with Gasteiger partial charge in [0.1, 0.15) is 30.2 Å². The Morgan fingerprint density at radius 3 is 2.03 bits per heavy atom. The van der Waals surface area contributed by atoms with E-state index in [2.05, 4.69) is 27.7 Å². The summed E-state index contributed by atoms with van der Waals surface area (Å²) in [7, 11) is 1.50. The second-order valence-electron chi connectivity index (χ2n) is 9.88. The fourth-order valence-electron chi connectivity index (χ4n) is 4.50. The lowest BCUT2D eigenvalue weighted by Gasteiger charge is -2.50. The fraction of sp³-hybridized carbons (Fsp3) is 0.767. The molecule has 0 bridgehead atoms. The first-order chi connectivity index (χ1) is 18.5. The normalized spacial score (nSPS) is 25.4. The Morgan fingerprint density at radius 2 is 1.45 bits per heavy atom. The number of aliphatic hydroxyl groups is 1. The van der Waals surface area contributed by atoms with E-state index < -0.39 is 30.2 Å². The molecule has 0 aliphatic carbocycles. The van der Waals surface area contributed by atoms with Crippen LogP contribution in [0.4, 0.5) is 0 Å². The molecule has 1 aromatic rings. The molecule has 8 nitrogen and oxygen atoms in total. The van der Waals surface area contributed by atoms with Crippen LogP contribution in [0.15, 0.2) is 18.2 Å². The Morgan fingerprint density at radius 1 is 0.868 bits per heavy atom. The number of unbranched alkanes of at least 4 members (excludes halogenated alkanes) is 4. The van der Waals surface area contributed by atoms with E-state index in [0.29, 0.717) is 49.6 Å². The molecule has 0 amide bonds. The van der Waals surface area contributed by atoms with Gasteiger partial charge in [0.05, 0.1) is 19.3 Å². The van der Waals surface area contributed by atoms with Crippen LogP contribution in [0.25, 0.3) is 0 Å². The van der Waals surface area contributed by atoms with Gasteiger partial charge in [0.25, 0.3) is 0 Å². The molecule has 0 spiro atoms. The standard InChI is InChI=1S/C30H50O8/c1-6-10-16-34-22-26-27(35-17-11-7-2)28(36-18-12-8-3)29(37-19-13-9-4)30(32,38-26)24-14-15-25(33-5)23(20-24)21-31/h14-15,20-21,26-29,32H,6-13,16-19,22H2,1-5H3/t26-,27-,28+,29-,30?/m1/s1. The van der Waals surface area contributed by atoms with E-state index in [1.165, 1.54) is 7.11 Å². The largest absolute Gasteiger partial charge is 0.496 e. The lowest BCUT2D eigenvalue weighted by molar-refractivity contribution is -0.375. The van der Waals surface area contributed by atoms with E-state index in [4.69, 9.17) is 28.4 Å². The summed E-state index contributed by atoms with van der Waals surface area (Å²) in [5.74, 6) is -1.47. The minimum Gasteiger partial charge on any atom is -0.496 e. The second kappa shape index (κ2) is 17.9. The molecule has 2 rings (SSSR count). The van der Waals surface area contributed by atoms with E-state index in [-0.39, 0.29) is 6.61 Å². The van der Waals surface area contributed by atoms with Gasteiger partial charge in [-0.2, -0.15) is 0 Å². The van der Waals surface area contributed by atoms with Crippen LogP contribution in [0.5, 0.6) is 5.75 Å². The predicted octanol–water partition coefficient (Wildman–Crippen LogP) is 5.42. The highest BCUT2D eigenvalue weighted by molar-refractivity contribution is 5.79. The molecular formula is C30H50O8. The molecule has 1 fully saturated rings. The minimum atomic E-state index is -1.89. The van der Waals surface area contributed by atoms with Crippen LogP contribution in [0.1, 0.15) is 95.0 Å². The number of carbonyl (C=O) groups excluding carboxylic acids is 1. The maximum atomic E-state index is 12.3. The molecule has 5 atom stereocenters. The molecule has 1 aliphatic heterocycles. The van der Waals surface area contributed by atoms with Gasteiger partial charge in [0.15, 0.2) is 6.29 Å². The Hall–Kier alpha value is -1.55. The molecule has 1 aromatic carbocycles. The summed E-state index contributed by atoms with van der Waals surface area (Å²) in [4.78, 5) is 11.8. The number of aldehydes is 1. The lowest BCUT2D eigenvalue weighted by atomic mass is 9.86. The third kappa shape index (κ3) is 9.00. The van der Waals surface area contributed by atoms with E-state index in [0.717, 1.165) is 51.4 Å². The van der Waals surface area contributed by atoms with Crippen LogP contribution in [-0.2, 0) is 29.5 Å². The van der Waals surface area contributed by atoms with Crippen molar-refractivity contribution < 1.29 is 38.3 Å². The van der Waals surface area contributed by atoms with Crippen LogP contribution >= 0.6 is 0 Å². The first-order valence-corrected chi connectivity index (χ1v) is 14.5. The SMILES string of the molecule is CCCCOC[C@H]1OC(O)(c2ccc(OC)c(C=O)c2)[C@H](OCCCC)[C@@H](OCCCC)[C@@H]1OCCCC. The van der Waals surface area contributed by atoms with Crippen molar-refractivity contribution >= 4 is 6.29 Å². The van der Waals surface area contributed by atoms with E-state index in [9.17, 15) is 9.90 Å². The Labute approximate surface area is 229 Å². The molecule has 1 N–H and O–H groups in total. The average Bonchev–Trinajstić information content (AvgIpc) is 2.93. The zero-order valence-corrected chi connectivity index (χ0v) is 24.1. The lowest BCUT2D eigenvalue weighted by Crippen LogP contribution is -2.66. The number of benzene rings is 1. The fourth-order valence-corrected chi connectivity index (χ4v) is 4.50. The number of rotatable bonds is 20. The number of hydrogen-bond donors (Lipinski definition) is 1. The third-order valence-corrected chi connectivity index (χ3v) is 6.81. The Kier molecular flexibility index (Phi) is 15.4. The van der Waals surface area contributed by atoms with Crippen molar-refractivity contribution in [3.8, 4) is 5.75 Å². The zero-order valence-electron chi connectivity index (χ0n) is 24.1. The van der Waals surface area contributed by atoms with Crippen LogP contribution < -0.4 is 4.74 Å². The Balaban J connectivity index is 2.54. The highest BCUT2D eigenvalue weighted by atomic mass is 16.7. The van der Waals surface area contributed by atoms with Crippen LogP contribution in [0, 0.1) is 0 Å². The van der Waals surface area contributed by atoms with Gasteiger partial charge in [0, 0.05) is 32.0 Å². The van der Waals surface area contributed by atoms with Crippen molar-refractivity contribution in [3.05, 3.63) is 29.3 Å². The van der Waals surface area contributed by atoms with Crippen molar-refractivity contribution in [1.29, 1.82) is 0 Å². The third-order valence-electron chi connectivity index (χ3n) is 6.81. The second-order valence-corrected chi connectivity index (χ2v) is 9.88. The summed E-state index contributed by atoms with van der Waals surface area (Å²) < 4.78 is 37.0. The number of ether oxygens (including phenoxy) is 6. The van der Waals surface area contributed by atoms with E-state index in [1.807, 2.05) is 0 Å². The maximum Gasteiger partial charge on any atom is 0.222 e. The van der Waals surface area contributed by atoms with Crippen molar-refractivity contribution in [2.24, 2.45) is 0 Å². The smallest absolute Gasteiger partial charge is 0.222 e. The van der Waals surface area contributed by atoms with Gasteiger partial charge in [-0.25, -0.2) is 0 Å². The summed E-state index contributed by atoms with van der Waals surface area (Å²) in [6.45, 7) is 10.7. The van der Waals surface area contributed by atoms with Gasteiger partial charge < -0.3 is 33.5 Å². The minimum absolute atomic E-state index is 0.241. The summed E-state index contributed by atoms with van der Waals surface area (Å²) in [5, 5.41) is 12.3. The molecule has 1 saturated heterocycles. The predicted molar refractivity (Wildman–Crippen MR) is 147 cm³/mol. The van der Waals surface area contributed by atoms with Gasteiger partial charge in [-0.3, -0.25) is 4.79 Å². The summed E-state index contributed by atoms with van der Waals surface area (Å²) >= 11 is 0. The Bertz CT molecular complexity index is 788. The summed E-state index contributed by atoms with van der Waals surface area (Å²) in [6.07, 6.45) is 5.57. The van der Waals surface area contributed by atoms with Crippen molar-refractivity contribution in [3.63, 3.8) is 0 Å². The first kappa shape index (κ1) is 32.7. The highest BCUT2D eigenvalue weighted by Gasteiger charge is 2.57. The van der Waals surface area contributed by atoms with Crippen LogP contribution in [0.3, 0.4) is 0 Å². The molecule has 1 heterocycles. The number of methoxy groups -OCH3 is 1. The van der Waals surface area contributed by atoms with Gasteiger partial charge in [-0.15, -0.1) is 0 Å². The molecule has 0 aromatic heterocycles. The molecule has 0 radical (unpaired) electrons. The van der Waals surface area contributed by atoms with Crippen LogP contribution in [-0.4, -0.2) is 76.0 Å². The molecule has 1 aliphatic rings. The monoisotopic (exact) mass is 538 g/mol. The van der Waals surface area contributed by atoms with Crippen molar-refractivity contribution in [2.45, 2.75) is 109 Å². The topological polar surface area (TPSA) is 92.7 Å². The van der Waals surface area contributed by atoms with Gasteiger partial charge in [-0.1, -0.05) is 53.4 Å². The number of hydrogen-bond acceptors (Lipinski definition) is 8. The molecule has 1 unspecified atom stereocenters. The molecule has 218 valence electrons. The van der Waals surface area contributed by atoms with Gasteiger partial charge in [0.2, 0.25) is 5.79 Å². The summed E-state index contributed by atoms with van der Waals surface area (Å²) in [6, 6.07) is 4.96. The summed E-state index contributed by atoms with van der Waals surface area (Å²) in [5.41, 5.74) is 0.714. The first-order valence-electron chi connectivity index (χ1n) is 14.5. The number of carbonyl (C=O) groups is 1. The van der Waals surface area contributed by atoms with Gasteiger partial charge >= 0.3 is 0 Å². The molecule has 8 heteroatoms. The van der Waals surface area contributed by atoms with E-state index >= 15 is 0 Å². The maximum absolute atomic E-state index is 12.3. The quantitative estimate of drug-likeness (QED) is 0.174. The van der Waals surface area contributed by atoms with Crippen molar-refractivity contribution in [2.75, 3.05) is 40.1 Å². The molecule has 0 saturated carbocycles. The zero-order chi connectivity index (χ0) is 27.8. The van der Waals surface area contributed by atoms with Crippen molar-refractivity contribution in [1.82, 2.24) is 0 Å². The van der Waals surface area contributed by atoms with Crippen LogP contribution in [0.2, 0.25) is 0 Å².